The quantitative estimate of drug-likeness (QED) is 0.424. The van der Waals surface area contributed by atoms with E-state index in [2.05, 4.69) is 26.5 Å². The minimum absolute atomic E-state index is 0.0169. The van der Waals surface area contributed by atoms with Crippen molar-refractivity contribution < 1.29 is 23.9 Å². The fourth-order valence-electron chi connectivity index (χ4n) is 2.27. The van der Waals surface area contributed by atoms with Crippen LogP contribution >= 0.6 is 15.9 Å². The van der Waals surface area contributed by atoms with Gasteiger partial charge in [0.05, 0.1) is 11.1 Å². The average Bonchev–Trinajstić information content (AvgIpc) is 3.07. The molecule has 2 aromatic rings. The molecular formula is C17H14BrN3O6. The van der Waals surface area contributed by atoms with E-state index in [-0.39, 0.29) is 18.2 Å². The first-order valence-electron chi connectivity index (χ1n) is 7.73. The molecule has 0 aliphatic carbocycles. The fraction of sp³-hybridized carbons (Fsp3) is 0.176. The van der Waals surface area contributed by atoms with Crippen molar-refractivity contribution in [2.75, 3.05) is 13.4 Å². The summed E-state index contributed by atoms with van der Waals surface area (Å²) < 4.78 is 16.5. The van der Waals surface area contributed by atoms with Gasteiger partial charge >= 0.3 is 5.69 Å². The number of nitro groups is 1. The van der Waals surface area contributed by atoms with E-state index < -0.39 is 17.4 Å². The molecule has 1 N–H and O–H groups in total. The van der Waals surface area contributed by atoms with Gasteiger partial charge in [0, 0.05) is 16.1 Å². The number of amides is 1. The summed E-state index contributed by atoms with van der Waals surface area (Å²) in [5.74, 6) is 0.665. The van der Waals surface area contributed by atoms with Crippen LogP contribution in [0, 0.1) is 17.0 Å². The van der Waals surface area contributed by atoms with Gasteiger partial charge in [0.25, 0.3) is 5.91 Å². The van der Waals surface area contributed by atoms with Crippen molar-refractivity contribution in [3.8, 4) is 17.2 Å². The van der Waals surface area contributed by atoms with E-state index in [1.165, 1.54) is 18.3 Å². The van der Waals surface area contributed by atoms with Crippen molar-refractivity contribution in [2.45, 2.75) is 6.92 Å². The molecule has 27 heavy (non-hydrogen) atoms. The number of hydrogen-bond donors (Lipinski definition) is 1. The number of fused-ring (bicyclic) bond motifs is 1. The normalized spacial score (nSPS) is 12.2. The summed E-state index contributed by atoms with van der Waals surface area (Å²) in [5.41, 5.74) is 3.50. The van der Waals surface area contributed by atoms with E-state index in [4.69, 9.17) is 14.2 Å². The molecular weight excluding hydrogens is 422 g/mol. The Kier molecular flexibility index (Phi) is 5.55. The maximum Gasteiger partial charge on any atom is 0.311 e. The fourth-order valence-corrected chi connectivity index (χ4v) is 2.70. The van der Waals surface area contributed by atoms with Crippen LogP contribution in [-0.4, -0.2) is 30.4 Å². The standard InChI is InChI=1S/C17H14BrN3O6/c1-10-2-3-14(13(4-10)21(23)24)25-8-17(22)20-19-7-11-5-15-16(6-12(11)18)27-9-26-15/h2-7H,8-9H2,1H3,(H,20,22). The summed E-state index contributed by atoms with van der Waals surface area (Å²) in [5, 5.41) is 14.9. The lowest BCUT2D eigenvalue weighted by molar-refractivity contribution is -0.385. The number of benzene rings is 2. The SMILES string of the molecule is Cc1ccc(OCC(=O)NN=Cc2cc3c(cc2Br)OCO3)c([N+](=O)[O-])c1. The second-order valence-electron chi connectivity index (χ2n) is 5.54. The monoisotopic (exact) mass is 435 g/mol. The molecule has 0 bridgehead atoms. The molecule has 2 aromatic carbocycles. The molecule has 10 heteroatoms. The highest BCUT2D eigenvalue weighted by Crippen LogP contribution is 2.36. The first-order valence-corrected chi connectivity index (χ1v) is 8.52. The second-order valence-corrected chi connectivity index (χ2v) is 6.39. The van der Waals surface area contributed by atoms with E-state index in [1.54, 1.807) is 25.1 Å². The van der Waals surface area contributed by atoms with Crippen LogP contribution in [0.15, 0.2) is 39.9 Å². The molecule has 3 rings (SSSR count). The van der Waals surface area contributed by atoms with Gasteiger partial charge in [-0.25, -0.2) is 5.43 Å². The first-order chi connectivity index (χ1) is 12.9. The number of halogens is 1. The van der Waals surface area contributed by atoms with Gasteiger partial charge < -0.3 is 14.2 Å². The summed E-state index contributed by atoms with van der Waals surface area (Å²) in [6.07, 6.45) is 1.43. The molecule has 140 valence electrons. The molecule has 0 fully saturated rings. The molecule has 0 radical (unpaired) electrons. The number of rotatable bonds is 6. The summed E-state index contributed by atoms with van der Waals surface area (Å²) in [4.78, 5) is 22.3. The maximum absolute atomic E-state index is 11.9. The van der Waals surface area contributed by atoms with E-state index >= 15 is 0 Å². The number of aryl methyl sites for hydroxylation is 1. The number of nitrogens with one attached hydrogen (secondary N) is 1. The topological polar surface area (TPSA) is 112 Å². The third-order valence-corrected chi connectivity index (χ3v) is 4.24. The number of nitrogens with zero attached hydrogens (tertiary/aromatic N) is 2. The van der Waals surface area contributed by atoms with Crippen molar-refractivity contribution in [1.82, 2.24) is 5.43 Å². The molecule has 9 nitrogen and oxygen atoms in total. The maximum atomic E-state index is 11.9. The zero-order valence-corrected chi connectivity index (χ0v) is 15.7. The second kappa shape index (κ2) is 8.04. The molecule has 1 aliphatic rings. The first kappa shape index (κ1) is 18.6. The lowest BCUT2D eigenvalue weighted by Crippen LogP contribution is -2.24. The smallest absolute Gasteiger partial charge is 0.311 e. The molecule has 1 amide bonds. The minimum Gasteiger partial charge on any atom is -0.477 e. The van der Waals surface area contributed by atoms with E-state index in [0.717, 1.165) is 10.0 Å². The van der Waals surface area contributed by atoms with Crippen molar-refractivity contribution in [2.24, 2.45) is 5.10 Å². The molecule has 0 saturated carbocycles. The van der Waals surface area contributed by atoms with E-state index in [0.29, 0.717) is 17.1 Å². The van der Waals surface area contributed by atoms with Gasteiger partial charge in [-0.05, 0) is 46.6 Å². The lowest BCUT2D eigenvalue weighted by Gasteiger charge is -2.06. The average molecular weight is 436 g/mol. The predicted molar refractivity (Wildman–Crippen MR) is 99.3 cm³/mol. The van der Waals surface area contributed by atoms with Gasteiger partial charge in [0.1, 0.15) is 0 Å². The Morgan fingerprint density at radius 2 is 2.11 bits per heavy atom. The predicted octanol–water partition coefficient (Wildman–Crippen LogP) is 2.92. The zero-order chi connectivity index (χ0) is 19.4. The van der Waals surface area contributed by atoms with E-state index in [9.17, 15) is 14.9 Å². The van der Waals surface area contributed by atoms with Crippen molar-refractivity contribution in [3.05, 3.63) is 56.0 Å². The Morgan fingerprint density at radius 3 is 2.85 bits per heavy atom. The van der Waals surface area contributed by atoms with Crippen molar-refractivity contribution in [3.63, 3.8) is 0 Å². The molecule has 0 spiro atoms. The minimum atomic E-state index is -0.560. The third-order valence-electron chi connectivity index (χ3n) is 3.55. The molecule has 0 atom stereocenters. The van der Waals surface area contributed by atoms with Gasteiger partial charge in [-0.15, -0.1) is 0 Å². The Morgan fingerprint density at radius 1 is 1.37 bits per heavy atom. The van der Waals surface area contributed by atoms with Gasteiger partial charge in [-0.1, -0.05) is 6.07 Å². The molecule has 1 heterocycles. The Balaban J connectivity index is 1.58. The number of hydrogen-bond acceptors (Lipinski definition) is 7. The Hall–Kier alpha value is -3.14. The summed E-state index contributed by atoms with van der Waals surface area (Å²) in [7, 11) is 0. The highest BCUT2D eigenvalue weighted by molar-refractivity contribution is 9.10. The summed E-state index contributed by atoms with van der Waals surface area (Å²) >= 11 is 3.38. The zero-order valence-electron chi connectivity index (χ0n) is 14.1. The third kappa shape index (κ3) is 4.53. The largest absolute Gasteiger partial charge is 0.477 e. The van der Waals surface area contributed by atoms with Crippen molar-refractivity contribution in [1.29, 1.82) is 0 Å². The van der Waals surface area contributed by atoms with Gasteiger partial charge in [-0.2, -0.15) is 5.10 Å². The van der Waals surface area contributed by atoms with Crippen LogP contribution in [0.2, 0.25) is 0 Å². The molecule has 0 saturated heterocycles. The molecule has 0 unspecified atom stereocenters. The van der Waals surface area contributed by atoms with Gasteiger partial charge in [0.15, 0.2) is 23.9 Å². The summed E-state index contributed by atoms with van der Waals surface area (Å²) in [6, 6.07) is 7.95. The highest BCUT2D eigenvalue weighted by Gasteiger charge is 2.17. The number of carbonyl (C=O) groups is 1. The highest BCUT2D eigenvalue weighted by atomic mass is 79.9. The van der Waals surface area contributed by atoms with Gasteiger partial charge in [-0.3, -0.25) is 14.9 Å². The Labute approximate surface area is 162 Å². The number of hydrazone groups is 1. The number of ether oxygens (including phenoxy) is 3. The van der Waals surface area contributed by atoms with Gasteiger partial charge in [0.2, 0.25) is 6.79 Å². The van der Waals surface area contributed by atoms with Crippen LogP contribution < -0.4 is 19.6 Å². The Bertz CT molecular complexity index is 931. The van der Waals surface area contributed by atoms with Crippen molar-refractivity contribution >= 4 is 33.7 Å². The van der Waals surface area contributed by atoms with Crippen LogP contribution in [0.1, 0.15) is 11.1 Å². The molecule has 1 aliphatic heterocycles. The van der Waals surface area contributed by atoms with Crippen LogP contribution in [0.5, 0.6) is 17.2 Å². The lowest BCUT2D eigenvalue weighted by atomic mass is 10.2. The molecule has 0 aromatic heterocycles. The van der Waals surface area contributed by atoms with Crippen LogP contribution in [0.25, 0.3) is 0 Å². The number of nitro benzene ring substituents is 1. The van der Waals surface area contributed by atoms with Crippen LogP contribution in [-0.2, 0) is 4.79 Å². The number of carbonyl (C=O) groups excluding carboxylic acids is 1. The summed E-state index contributed by atoms with van der Waals surface area (Å²) in [6.45, 7) is 1.47. The van der Waals surface area contributed by atoms with Crippen LogP contribution in [0.3, 0.4) is 0 Å². The van der Waals surface area contributed by atoms with E-state index in [1.807, 2.05) is 0 Å². The van der Waals surface area contributed by atoms with Crippen LogP contribution in [0.4, 0.5) is 5.69 Å².